The predicted octanol–water partition coefficient (Wildman–Crippen LogP) is 3.58. The Hall–Kier alpha value is -1.88. The standard InChI is InChI=1S/C15H20ClN3O2/c1-4-7-19-11(5-6-18-19)10-17-13-9-15(21-3)14(20-2)8-12(13)16/h5-6,8-9,17H,4,7,10H2,1-3H3. The number of methoxy groups -OCH3 is 2. The third-order valence-corrected chi connectivity index (χ3v) is 3.49. The van der Waals surface area contributed by atoms with Crippen molar-refractivity contribution in [3.63, 3.8) is 0 Å². The molecule has 1 aromatic heterocycles. The molecule has 0 fully saturated rings. The number of hydrogen-bond donors (Lipinski definition) is 1. The summed E-state index contributed by atoms with van der Waals surface area (Å²) in [7, 11) is 3.19. The molecule has 0 aliphatic rings. The van der Waals surface area contributed by atoms with Crippen LogP contribution in [0.3, 0.4) is 0 Å². The fourth-order valence-corrected chi connectivity index (χ4v) is 2.32. The Balaban J connectivity index is 2.14. The smallest absolute Gasteiger partial charge is 0.162 e. The molecular formula is C15H20ClN3O2. The highest BCUT2D eigenvalue weighted by Gasteiger charge is 2.10. The van der Waals surface area contributed by atoms with Gasteiger partial charge in [0, 0.05) is 24.9 Å². The molecule has 1 aromatic carbocycles. The highest BCUT2D eigenvalue weighted by molar-refractivity contribution is 6.33. The van der Waals surface area contributed by atoms with Crippen LogP contribution < -0.4 is 14.8 Å². The van der Waals surface area contributed by atoms with Crippen LogP contribution in [0.1, 0.15) is 19.0 Å². The summed E-state index contributed by atoms with van der Waals surface area (Å²) in [4.78, 5) is 0. The lowest BCUT2D eigenvalue weighted by atomic mass is 10.2. The highest BCUT2D eigenvalue weighted by Crippen LogP contribution is 2.36. The Morgan fingerprint density at radius 3 is 2.62 bits per heavy atom. The zero-order valence-corrected chi connectivity index (χ0v) is 13.3. The van der Waals surface area contributed by atoms with Crippen LogP contribution in [0.4, 0.5) is 5.69 Å². The first-order valence-electron chi connectivity index (χ1n) is 6.85. The van der Waals surface area contributed by atoms with Gasteiger partial charge in [-0.1, -0.05) is 18.5 Å². The lowest BCUT2D eigenvalue weighted by Crippen LogP contribution is -2.09. The molecule has 0 atom stereocenters. The first-order chi connectivity index (χ1) is 10.2. The van der Waals surface area contributed by atoms with Gasteiger partial charge in [-0.15, -0.1) is 0 Å². The van der Waals surface area contributed by atoms with Gasteiger partial charge in [-0.2, -0.15) is 5.10 Å². The Morgan fingerprint density at radius 1 is 1.24 bits per heavy atom. The van der Waals surface area contributed by atoms with E-state index in [1.807, 2.05) is 23.0 Å². The molecule has 21 heavy (non-hydrogen) atoms. The molecule has 0 spiro atoms. The maximum Gasteiger partial charge on any atom is 0.162 e. The fraction of sp³-hybridized carbons (Fsp3) is 0.400. The topological polar surface area (TPSA) is 48.3 Å². The summed E-state index contributed by atoms with van der Waals surface area (Å²) in [5, 5.41) is 8.20. The Bertz CT molecular complexity index is 599. The molecule has 2 rings (SSSR count). The van der Waals surface area contributed by atoms with E-state index in [-0.39, 0.29) is 0 Å². The Labute approximate surface area is 129 Å². The molecule has 0 saturated heterocycles. The molecule has 114 valence electrons. The molecule has 0 radical (unpaired) electrons. The highest BCUT2D eigenvalue weighted by atomic mass is 35.5. The first kappa shape index (κ1) is 15.5. The van der Waals surface area contributed by atoms with Crippen LogP contribution >= 0.6 is 11.6 Å². The van der Waals surface area contributed by atoms with Crippen LogP contribution in [-0.2, 0) is 13.1 Å². The van der Waals surface area contributed by atoms with E-state index >= 15 is 0 Å². The molecule has 0 unspecified atom stereocenters. The molecule has 2 aromatic rings. The van der Waals surface area contributed by atoms with E-state index < -0.39 is 0 Å². The normalized spacial score (nSPS) is 10.5. The summed E-state index contributed by atoms with van der Waals surface area (Å²) < 4.78 is 12.5. The number of nitrogens with one attached hydrogen (secondary N) is 1. The summed E-state index contributed by atoms with van der Waals surface area (Å²) in [6.45, 7) is 3.68. The van der Waals surface area contributed by atoms with E-state index in [4.69, 9.17) is 21.1 Å². The Morgan fingerprint density at radius 2 is 1.95 bits per heavy atom. The van der Waals surface area contributed by atoms with Crippen molar-refractivity contribution in [2.24, 2.45) is 0 Å². The molecule has 5 nitrogen and oxygen atoms in total. The third-order valence-electron chi connectivity index (χ3n) is 3.17. The number of rotatable bonds is 7. The van der Waals surface area contributed by atoms with Crippen LogP contribution in [-0.4, -0.2) is 24.0 Å². The van der Waals surface area contributed by atoms with Crippen molar-refractivity contribution >= 4 is 17.3 Å². The predicted molar refractivity (Wildman–Crippen MR) is 84.4 cm³/mol. The summed E-state index contributed by atoms with van der Waals surface area (Å²) >= 11 is 6.26. The zero-order chi connectivity index (χ0) is 15.2. The summed E-state index contributed by atoms with van der Waals surface area (Å²) in [5.41, 5.74) is 1.92. The average Bonchev–Trinajstić information content (AvgIpc) is 2.93. The zero-order valence-electron chi connectivity index (χ0n) is 12.5. The van der Waals surface area contributed by atoms with Crippen molar-refractivity contribution in [1.82, 2.24) is 9.78 Å². The minimum atomic E-state index is 0.592. The monoisotopic (exact) mass is 309 g/mol. The second-order valence-corrected chi connectivity index (χ2v) is 4.99. The van der Waals surface area contributed by atoms with E-state index in [2.05, 4.69) is 17.3 Å². The number of hydrogen-bond acceptors (Lipinski definition) is 4. The van der Waals surface area contributed by atoms with Gasteiger partial charge in [0.2, 0.25) is 0 Å². The van der Waals surface area contributed by atoms with Gasteiger partial charge in [0.15, 0.2) is 11.5 Å². The fourth-order valence-electron chi connectivity index (χ4n) is 2.10. The van der Waals surface area contributed by atoms with Gasteiger partial charge < -0.3 is 14.8 Å². The minimum absolute atomic E-state index is 0.592. The number of nitrogens with zero attached hydrogens (tertiary/aromatic N) is 2. The summed E-state index contributed by atoms with van der Waals surface area (Å²) in [6, 6.07) is 5.57. The van der Waals surface area contributed by atoms with Crippen molar-refractivity contribution in [1.29, 1.82) is 0 Å². The van der Waals surface area contributed by atoms with Crippen LogP contribution in [0, 0.1) is 0 Å². The quantitative estimate of drug-likeness (QED) is 0.849. The summed E-state index contributed by atoms with van der Waals surface area (Å²) in [6.07, 6.45) is 2.86. The van der Waals surface area contributed by atoms with E-state index in [9.17, 15) is 0 Å². The largest absolute Gasteiger partial charge is 0.493 e. The van der Waals surface area contributed by atoms with Gasteiger partial charge in [0.25, 0.3) is 0 Å². The second kappa shape index (κ2) is 7.22. The van der Waals surface area contributed by atoms with Crippen molar-refractivity contribution in [3.8, 4) is 11.5 Å². The van der Waals surface area contributed by atoms with Crippen molar-refractivity contribution in [2.45, 2.75) is 26.4 Å². The van der Waals surface area contributed by atoms with E-state index in [1.165, 1.54) is 0 Å². The number of halogens is 1. The second-order valence-electron chi connectivity index (χ2n) is 4.59. The van der Waals surface area contributed by atoms with E-state index in [0.717, 1.165) is 24.3 Å². The van der Waals surface area contributed by atoms with Crippen molar-refractivity contribution in [3.05, 3.63) is 35.1 Å². The van der Waals surface area contributed by atoms with Gasteiger partial charge in [-0.3, -0.25) is 4.68 Å². The summed E-state index contributed by atoms with van der Waals surface area (Å²) in [5.74, 6) is 1.26. The van der Waals surface area contributed by atoms with Crippen molar-refractivity contribution in [2.75, 3.05) is 19.5 Å². The maximum absolute atomic E-state index is 6.26. The lowest BCUT2D eigenvalue weighted by Gasteiger charge is -2.14. The molecule has 1 N–H and O–H groups in total. The number of aromatic nitrogens is 2. The maximum atomic E-state index is 6.26. The molecule has 0 amide bonds. The van der Waals surface area contributed by atoms with Gasteiger partial charge in [-0.05, 0) is 12.5 Å². The third kappa shape index (κ3) is 3.61. The van der Waals surface area contributed by atoms with Gasteiger partial charge in [0.1, 0.15) is 0 Å². The average molecular weight is 310 g/mol. The van der Waals surface area contributed by atoms with Crippen LogP contribution in [0.5, 0.6) is 11.5 Å². The molecule has 0 saturated carbocycles. The number of ether oxygens (including phenoxy) is 2. The molecule has 1 heterocycles. The molecule has 0 bridgehead atoms. The Kier molecular flexibility index (Phi) is 5.33. The van der Waals surface area contributed by atoms with Gasteiger partial charge in [0.05, 0.1) is 37.2 Å². The van der Waals surface area contributed by atoms with Crippen molar-refractivity contribution < 1.29 is 9.47 Å². The molecule has 0 aliphatic carbocycles. The van der Waals surface area contributed by atoms with E-state index in [1.54, 1.807) is 20.3 Å². The molecular weight excluding hydrogens is 290 g/mol. The number of aryl methyl sites for hydroxylation is 1. The number of benzene rings is 1. The van der Waals surface area contributed by atoms with Crippen LogP contribution in [0.2, 0.25) is 5.02 Å². The number of anilines is 1. The van der Waals surface area contributed by atoms with E-state index in [0.29, 0.717) is 23.1 Å². The first-order valence-corrected chi connectivity index (χ1v) is 7.23. The lowest BCUT2D eigenvalue weighted by molar-refractivity contribution is 0.355. The minimum Gasteiger partial charge on any atom is -0.493 e. The van der Waals surface area contributed by atoms with Gasteiger partial charge >= 0.3 is 0 Å². The van der Waals surface area contributed by atoms with Crippen LogP contribution in [0.15, 0.2) is 24.4 Å². The molecule has 6 heteroatoms. The molecule has 0 aliphatic heterocycles. The van der Waals surface area contributed by atoms with Crippen LogP contribution in [0.25, 0.3) is 0 Å². The SMILES string of the molecule is CCCn1nccc1CNc1cc(OC)c(OC)cc1Cl. The van der Waals surface area contributed by atoms with Gasteiger partial charge in [-0.25, -0.2) is 0 Å².